The molecular weight excluding hydrogens is 532 g/mol. The van der Waals surface area contributed by atoms with E-state index in [9.17, 15) is 34.2 Å². The molecule has 0 bridgehead atoms. The number of piperazine rings is 1. The Kier molecular flexibility index (Phi) is 9.12. The number of ether oxygens (including phenoxy) is 1. The number of carboxylic acids is 2. The lowest BCUT2D eigenvalue weighted by atomic mass is 9.98. The molecule has 3 aromatic rings. The summed E-state index contributed by atoms with van der Waals surface area (Å²) in [7, 11) is 0. The van der Waals surface area contributed by atoms with Gasteiger partial charge in [0.25, 0.3) is 5.91 Å². The van der Waals surface area contributed by atoms with Gasteiger partial charge in [-0.15, -0.1) is 0 Å². The number of carbonyl (C=O) groups is 5. The Balaban J connectivity index is 1.44. The normalized spacial score (nSPS) is 13.9. The molecule has 0 spiro atoms. The second kappa shape index (κ2) is 12.9. The zero-order valence-electron chi connectivity index (χ0n) is 22.4. The molecule has 1 unspecified atom stereocenters. The van der Waals surface area contributed by atoms with Crippen LogP contribution < -0.4 is 5.32 Å². The first-order valence-corrected chi connectivity index (χ1v) is 13.1. The SMILES string of the molecule is CCOC(=O)N1CCN(C(=O)C(CCNC(=O)c2cc(-c3cccc(C(=O)O)c3)c3ccccc3n2)C(=O)O)CC1. The maximum Gasteiger partial charge on any atom is 0.409 e. The van der Waals surface area contributed by atoms with Crippen molar-refractivity contribution in [3.8, 4) is 11.1 Å². The largest absolute Gasteiger partial charge is 0.481 e. The van der Waals surface area contributed by atoms with Crippen LogP contribution in [0.25, 0.3) is 22.0 Å². The van der Waals surface area contributed by atoms with Crippen molar-refractivity contribution in [1.82, 2.24) is 20.1 Å². The van der Waals surface area contributed by atoms with Gasteiger partial charge in [-0.2, -0.15) is 0 Å². The van der Waals surface area contributed by atoms with Crippen LogP contribution in [0.5, 0.6) is 0 Å². The fourth-order valence-electron chi connectivity index (χ4n) is 4.67. The average molecular weight is 563 g/mol. The van der Waals surface area contributed by atoms with E-state index in [0.29, 0.717) is 16.6 Å². The maximum absolute atomic E-state index is 13.1. The van der Waals surface area contributed by atoms with Gasteiger partial charge in [0.1, 0.15) is 11.6 Å². The lowest BCUT2D eigenvalue weighted by Crippen LogP contribution is -2.53. The van der Waals surface area contributed by atoms with Crippen molar-refractivity contribution in [3.63, 3.8) is 0 Å². The van der Waals surface area contributed by atoms with E-state index < -0.39 is 35.8 Å². The van der Waals surface area contributed by atoms with Crippen LogP contribution in [0.3, 0.4) is 0 Å². The van der Waals surface area contributed by atoms with Crippen LogP contribution in [-0.2, 0) is 14.3 Å². The number of aromatic nitrogens is 1. The lowest BCUT2D eigenvalue weighted by Gasteiger charge is -2.35. The van der Waals surface area contributed by atoms with Crippen molar-refractivity contribution < 1.29 is 38.9 Å². The summed E-state index contributed by atoms with van der Waals surface area (Å²) >= 11 is 0. The second-order valence-electron chi connectivity index (χ2n) is 9.40. The van der Waals surface area contributed by atoms with Gasteiger partial charge in [-0.05, 0) is 48.7 Å². The van der Waals surface area contributed by atoms with Crippen LogP contribution in [-0.4, -0.2) is 94.2 Å². The first-order chi connectivity index (χ1) is 19.7. The number of nitrogens with one attached hydrogen (secondary N) is 1. The first-order valence-electron chi connectivity index (χ1n) is 13.1. The number of amides is 3. The Morgan fingerprint density at radius 2 is 1.66 bits per heavy atom. The molecule has 3 amide bonds. The molecule has 4 rings (SSSR count). The van der Waals surface area contributed by atoms with E-state index >= 15 is 0 Å². The smallest absolute Gasteiger partial charge is 0.409 e. The summed E-state index contributed by atoms with van der Waals surface area (Å²) < 4.78 is 4.97. The van der Waals surface area contributed by atoms with Gasteiger partial charge in [0.2, 0.25) is 5.91 Å². The summed E-state index contributed by atoms with van der Waals surface area (Å²) in [5.74, 6) is -4.90. The first kappa shape index (κ1) is 29.0. The summed E-state index contributed by atoms with van der Waals surface area (Å²) in [6.07, 6.45) is -0.615. The Bertz CT molecular complexity index is 1480. The minimum absolute atomic E-state index is 0.0627. The maximum atomic E-state index is 13.1. The van der Waals surface area contributed by atoms with Gasteiger partial charge in [-0.3, -0.25) is 14.4 Å². The molecule has 1 saturated heterocycles. The number of carbonyl (C=O) groups excluding carboxylic acids is 3. The number of fused-ring (bicyclic) bond motifs is 1. The molecule has 3 N–H and O–H groups in total. The highest BCUT2D eigenvalue weighted by molar-refractivity contribution is 6.02. The number of carboxylic acid groups (broad SMARTS) is 2. The Morgan fingerprint density at radius 1 is 0.951 bits per heavy atom. The van der Waals surface area contributed by atoms with Crippen LogP contribution in [0.1, 0.15) is 34.2 Å². The number of rotatable bonds is 9. The van der Waals surface area contributed by atoms with E-state index in [2.05, 4.69) is 10.3 Å². The quantitative estimate of drug-likeness (QED) is 0.332. The van der Waals surface area contributed by atoms with Crippen LogP contribution >= 0.6 is 0 Å². The summed E-state index contributed by atoms with van der Waals surface area (Å²) in [5.41, 5.74) is 1.90. The van der Waals surface area contributed by atoms with Crippen molar-refractivity contribution in [2.24, 2.45) is 5.92 Å². The molecule has 214 valence electrons. The standard InChI is InChI=1S/C29H30N4O8/c1-2-41-29(40)33-14-12-32(13-15-33)26(35)21(28(38)39)10-11-30-25(34)24-17-22(20-8-3-4-9-23(20)31-24)18-6-5-7-19(16-18)27(36)37/h3-9,16-17,21H,2,10-15H2,1H3,(H,30,34)(H,36,37)(H,38,39). The molecule has 1 aliphatic heterocycles. The zero-order chi connectivity index (χ0) is 29.5. The van der Waals surface area contributed by atoms with Gasteiger partial charge >= 0.3 is 18.0 Å². The predicted molar refractivity (Wildman–Crippen MR) is 147 cm³/mol. The van der Waals surface area contributed by atoms with Crippen LogP contribution in [0.15, 0.2) is 54.6 Å². The zero-order valence-corrected chi connectivity index (χ0v) is 22.4. The number of aliphatic carboxylic acids is 1. The van der Waals surface area contributed by atoms with E-state index in [1.165, 1.54) is 21.9 Å². The highest BCUT2D eigenvalue weighted by Gasteiger charge is 2.33. The summed E-state index contributed by atoms with van der Waals surface area (Å²) in [4.78, 5) is 68.6. The van der Waals surface area contributed by atoms with Crippen LogP contribution in [0, 0.1) is 5.92 Å². The number of pyridine rings is 1. The molecule has 1 aromatic heterocycles. The van der Waals surface area contributed by atoms with Crippen molar-refractivity contribution in [3.05, 3.63) is 65.9 Å². The van der Waals surface area contributed by atoms with Gasteiger partial charge in [0, 0.05) is 38.1 Å². The number of para-hydroxylation sites is 1. The fraction of sp³-hybridized carbons (Fsp3) is 0.310. The third-order valence-corrected chi connectivity index (χ3v) is 6.80. The molecule has 2 heterocycles. The number of nitrogens with zero attached hydrogens (tertiary/aromatic N) is 3. The van der Waals surface area contributed by atoms with E-state index in [-0.39, 0.29) is 57.0 Å². The number of benzene rings is 2. The van der Waals surface area contributed by atoms with E-state index in [0.717, 1.165) is 5.39 Å². The third-order valence-electron chi connectivity index (χ3n) is 6.80. The Hall–Kier alpha value is -5.00. The van der Waals surface area contributed by atoms with Crippen LogP contribution in [0.2, 0.25) is 0 Å². The van der Waals surface area contributed by atoms with Gasteiger partial charge in [0.15, 0.2) is 0 Å². The average Bonchev–Trinajstić information content (AvgIpc) is 2.98. The number of hydrogen-bond donors (Lipinski definition) is 3. The third kappa shape index (κ3) is 6.78. The minimum Gasteiger partial charge on any atom is -0.481 e. The molecule has 1 fully saturated rings. The number of hydrogen-bond acceptors (Lipinski definition) is 7. The predicted octanol–water partition coefficient (Wildman–Crippen LogP) is 2.72. The van der Waals surface area contributed by atoms with E-state index in [4.69, 9.17) is 4.74 Å². The molecule has 2 aromatic carbocycles. The topological polar surface area (TPSA) is 166 Å². The molecule has 0 aliphatic carbocycles. The highest BCUT2D eigenvalue weighted by atomic mass is 16.6. The summed E-state index contributed by atoms with van der Waals surface area (Å²) in [6, 6.07) is 15.0. The molecular formula is C29H30N4O8. The molecule has 0 radical (unpaired) electrons. The highest BCUT2D eigenvalue weighted by Crippen LogP contribution is 2.29. The Labute approximate surface area is 235 Å². The summed E-state index contributed by atoms with van der Waals surface area (Å²) in [6.45, 7) is 2.67. The van der Waals surface area contributed by atoms with Gasteiger partial charge in [-0.1, -0.05) is 30.3 Å². The molecule has 1 atom stereocenters. The molecule has 12 nitrogen and oxygen atoms in total. The molecule has 0 saturated carbocycles. The lowest BCUT2D eigenvalue weighted by molar-refractivity contribution is -0.152. The minimum atomic E-state index is -1.37. The number of aromatic carboxylic acids is 1. The van der Waals surface area contributed by atoms with Gasteiger partial charge in [-0.25, -0.2) is 14.6 Å². The second-order valence-corrected chi connectivity index (χ2v) is 9.40. The van der Waals surface area contributed by atoms with Crippen molar-refractivity contribution in [2.45, 2.75) is 13.3 Å². The molecule has 1 aliphatic rings. The van der Waals surface area contributed by atoms with Gasteiger partial charge in [0.05, 0.1) is 17.7 Å². The van der Waals surface area contributed by atoms with Crippen LogP contribution in [0.4, 0.5) is 4.79 Å². The van der Waals surface area contributed by atoms with E-state index in [1.807, 2.05) is 12.1 Å². The summed E-state index contributed by atoms with van der Waals surface area (Å²) in [5, 5.41) is 22.5. The van der Waals surface area contributed by atoms with Crippen molar-refractivity contribution >= 4 is 40.7 Å². The monoisotopic (exact) mass is 562 g/mol. The molecule has 41 heavy (non-hydrogen) atoms. The Morgan fingerprint density at radius 3 is 2.34 bits per heavy atom. The van der Waals surface area contributed by atoms with Crippen molar-refractivity contribution in [1.29, 1.82) is 0 Å². The van der Waals surface area contributed by atoms with E-state index in [1.54, 1.807) is 37.3 Å². The molecule has 12 heteroatoms. The fourth-order valence-corrected chi connectivity index (χ4v) is 4.67. The van der Waals surface area contributed by atoms with Crippen molar-refractivity contribution in [2.75, 3.05) is 39.3 Å². The van der Waals surface area contributed by atoms with Gasteiger partial charge < -0.3 is 30.1 Å².